The number of carbonyl (C=O) groups excluding carboxylic acids is 1. The van der Waals surface area contributed by atoms with E-state index in [4.69, 9.17) is 4.74 Å². The van der Waals surface area contributed by atoms with Gasteiger partial charge >= 0.3 is 0 Å². The van der Waals surface area contributed by atoms with Crippen molar-refractivity contribution in [3.63, 3.8) is 0 Å². The quantitative estimate of drug-likeness (QED) is 0.768. The molecule has 0 spiro atoms. The predicted molar refractivity (Wildman–Crippen MR) is 91.1 cm³/mol. The number of aryl methyl sites for hydroxylation is 1. The SMILES string of the molecule is COc1c(C)cc(C(=O)CCN2CCCCCC2)c(C)c1C. The maximum absolute atomic E-state index is 12.6. The van der Waals surface area contributed by atoms with E-state index in [0.717, 1.165) is 47.6 Å². The molecule has 1 aliphatic rings. The van der Waals surface area contributed by atoms with Gasteiger partial charge in [0.25, 0.3) is 0 Å². The highest BCUT2D eigenvalue weighted by molar-refractivity contribution is 5.98. The van der Waals surface area contributed by atoms with Crippen LogP contribution in [0.1, 0.15) is 59.2 Å². The highest BCUT2D eigenvalue weighted by Gasteiger charge is 2.17. The van der Waals surface area contributed by atoms with E-state index >= 15 is 0 Å². The summed E-state index contributed by atoms with van der Waals surface area (Å²) in [7, 11) is 1.69. The van der Waals surface area contributed by atoms with E-state index < -0.39 is 0 Å². The van der Waals surface area contributed by atoms with E-state index in [-0.39, 0.29) is 5.78 Å². The van der Waals surface area contributed by atoms with Crippen LogP contribution in [0, 0.1) is 20.8 Å². The molecule has 2 rings (SSSR count). The first-order valence-corrected chi connectivity index (χ1v) is 8.45. The third-order valence-corrected chi connectivity index (χ3v) is 4.88. The molecule has 3 nitrogen and oxygen atoms in total. The van der Waals surface area contributed by atoms with Crippen molar-refractivity contribution in [3.8, 4) is 5.75 Å². The number of nitrogens with zero attached hydrogens (tertiary/aromatic N) is 1. The molecule has 22 heavy (non-hydrogen) atoms. The zero-order valence-electron chi connectivity index (χ0n) is 14.5. The summed E-state index contributed by atoms with van der Waals surface area (Å²) in [6, 6.07) is 1.99. The molecule has 1 heterocycles. The number of methoxy groups -OCH3 is 1. The summed E-state index contributed by atoms with van der Waals surface area (Å²) in [6.07, 6.45) is 5.83. The van der Waals surface area contributed by atoms with Crippen molar-refractivity contribution in [2.24, 2.45) is 0 Å². The maximum atomic E-state index is 12.6. The number of carbonyl (C=O) groups is 1. The number of likely N-dealkylation sites (tertiary alicyclic amines) is 1. The number of ether oxygens (including phenoxy) is 1. The van der Waals surface area contributed by atoms with Crippen LogP contribution in [0.5, 0.6) is 5.75 Å². The monoisotopic (exact) mass is 303 g/mol. The molecule has 0 amide bonds. The molecule has 0 unspecified atom stereocenters. The third-order valence-electron chi connectivity index (χ3n) is 4.88. The molecule has 1 fully saturated rings. The summed E-state index contributed by atoms with van der Waals surface area (Å²) in [6.45, 7) is 9.25. The lowest BCUT2D eigenvalue weighted by molar-refractivity contribution is 0.0964. The van der Waals surface area contributed by atoms with Gasteiger partial charge < -0.3 is 9.64 Å². The predicted octanol–water partition coefficient (Wildman–Crippen LogP) is 4.07. The Balaban J connectivity index is 2.06. The molecule has 1 aromatic carbocycles. The van der Waals surface area contributed by atoms with E-state index in [1.165, 1.54) is 25.7 Å². The first-order chi connectivity index (χ1) is 10.5. The Bertz CT molecular complexity index is 529. The summed E-state index contributed by atoms with van der Waals surface area (Å²) in [4.78, 5) is 15.1. The van der Waals surface area contributed by atoms with Crippen molar-refractivity contribution in [2.75, 3.05) is 26.7 Å². The molecule has 1 saturated heterocycles. The van der Waals surface area contributed by atoms with Crippen LogP contribution in [0.3, 0.4) is 0 Å². The van der Waals surface area contributed by atoms with Crippen LogP contribution >= 0.6 is 0 Å². The Labute approximate surface area is 134 Å². The van der Waals surface area contributed by atoms with Crippen molar-refractivity contribution in [2.45, 2.75) is 52.9 Å². The highest BCUT2D eigenvalue weighted by Crippen LogP contribution is 2.29. The minimum atomic E-state index is 0.260. The van der Waals surface area contributed by atoms with Crippen LogP contribution in [-0.2, 0) is 0 Å². The minimum Gasteiger partial charge on any atom is -0.496 e. The molecule has 0 bridgehead atoms. The van der Waals surface area contributed by atoms with Gasteiger partial charge in [0.15, 0.2) is 5.78 Å². The average molecular weight is 303 g/mol. The summed E-state index contributed by atoms with van der Waals surface area (Å²) >= 11 is 0. The van der Waals surface area contributed by atoms with E-state index in [2.05, 4.69) is 4.90 Å². The first-order valence-electron chi connectivity index (χ1n) is 8.45. The van der Waals surface area contributed by atoms with Gasteiger partial charge in [-0.2, -0.15) is 0 Å². The van der Waals surface area contributed by atoms with Gasteiger partial charge in [-0.25, -0.2) is 0 Å². The Hall–Kier alpha value is -1.35. The molecule has 0 N–H and O–H groups in total. The molecule has 1 aromatic rings. The largest absolute Gasteiger partial charge is 0.496 e. The van der Waals surface area contributed by atoms with E-state index in [1.54, 1.807) is 7.11 Å². The Morgan fingerprint density at radius 3 is 2.32 bits per heavy atom. The second-order valence-corrected chi connectivity index (χ2v) is 6.45. The van der Waals surface area contributed by atoms with E-state index in [1.807, 2.05) is 26.8 Å². The number of hydrogen-bond donors (Lipinski definition) is 0. The van der Waals surface area contributed by atoms with Gasteiger partial charge in [-0.15, -0.1) is 0 Å². The number of rotatable bonds is 5. The summed E-state index contributed by atoms with van der Waals surface area (Å²) in [5.41, 5.74) is 4.05. The number of benzene rings is 1. The molecule has 0 aliphatic carbocycles. The normalized spacial score (nSPS) is 16.4. The number of ketones is 1. The van der Waals surface area contributed by atoms with Gasteiger partial charge in [0.05, 0.1) is 7.11 Å². The molecule has 1 aliphatic heterocycles. The second kappa shape index (κ2) is 7.77. The van der Waals surface area contributed by atoms with E-state index in [9.17, 15) is 4.79 Å². The fourth-order valence-electron chi connectivity index (χ4n) is 3.42. The minimum absolute atomic E-state index is 0.260. The van der Waals surface area contributed by atoms with Gasteiger partial charge in [0.1, 0.15) is 5.75 Å². The van der Waals surface area contributed by atoms with Crippen molar-refractivity contribution in [3.05, 3.63) is 28.3 Å². The van der Waals surface area contributed by atoms with Gasteiger partial charge in [-0.3, -0.25) is 4.79 Å². The summed E-state index contributed by atoms with van der Waals surface area (Å²) < 4.78 is 5.44. The van der Waals surface area contributed by atoms with Gasteiger partial charge in [-0.1, -0.05) is 12.8 Å². The third kappa shape index (κ3) is 3.89. The molecule has 0 radical (unpaired) electrons. The van der Waals surface area contributed by atoms with Gasteiger partial charge in [0.2, 0.25) is 0 Å². The van der Waals surface area contributed by atoms with Crippen molar-refractivity contribution < 1.29 is 9.53 Å². The van der Waals surface area contributed by atoms with Gasteiger partial charge in [-0.05, 0) is 69.5 Å². The smallest absolute Gasteiger partial charge is 0.164 e. The molecule has 3 heteroatoms. The fraction of sp³-hybridized carbons (Fsp3) is 0.632. The van der Waals surface area contributed by atoms with Crippen LogP contribution in [-0.4, -0.2) is 37.4 Å². The topological polar surface area (TPSA) is 29.5 Å². The average Bonchev–Trinajstić information content (AvgIpc) is 2.77. The Morgan fingerprint density at radius 2 is 1.73 bits per heavy atom. The number of Topliss-reactive ketones (excluding diaryl/α,β-unsaturated/α-hetero) is 1. The maximum Gasteiger partial charge on any atom is 0.164 e. The highest BCUT2D eigenvalue weighted by atomic mass is 16.5. The van der Waals surface area contributed by atoms with Crippen LogP contribution in [0.15, 0.2) is 6.07 Å². The fourth-order valence-corrected chi connectivity index (χ4v) is 3.42. The lowest BCUT2D eigenvalue weighted by Crippen LogP contribution is -2.27. The molecular weight excluding hydrogens is 274 g/mol. The van der Waals surface area contributed by atoms with E-state index in [0.29, 0.717) is 6.42 Å². The second-order valence-electron chi connectivity index (χ2n) is 6.45. The Kier molecular flexibility index (Phi) is 6.01. The lowest BCUT2D eigenvalue weighted by atomic mass is 9.95. The van der Waals surface area contributed by atoms with Crippen LogP contribution in [0.2, 0.25) is 0 Å². The standard InChI is InChI=1S/C19H29NO2/c1-14-13-17(15(2)16(3)19(14)22-4)18(21)9-12-20-10-7-5-6-8-11-20/h13H,5-12H2,1-4H3. The van der Waals surface area contributed by atoms with Crippen molar-refractivity contribution >= 4 is 5.78 Å². The molecule has 0 saturated carbocycles. The molecule has 0 aromatic heterocycles. The zero-order chi connectivity index (χ0) is 16.1. The molecule has 122 valence electrons. The lowest BCUT2D eigenvalue weighted by Gasteiger charge is -2.20. The Morgan fingerprint density at radius 1 is 1.09 bits per heavy atom. The zero-order valence-corrected chi connectivity index (χ0v) is 14.5. The van der Waals surface area contributed by atoms with Crippen LogP contribution in [0.25, 0.3) is 0 Å². The molecular formula is C19H29NO2. The van der Waals surface area contributed by atoms with Crippen molar-refractivity contribution in [1.82, 2.24) is 4.90 Å². The van der Waals surface area contributed by atoms with Crippen LogP contribution in [0.4, 0.5) is 0 Å². The van der Waals surface area contributed by atoms with Gasteiger partial charge in [0, 0.05) is 18.5 Å². The van der Waals surface area contributed by atoms with Crippen molar-refractivity contribution in [1.29, 1.82) is 0 Å². The summed E-state index contributed by atoms with van der Waals surface area (Å²) in [5.74, 6) is 1.16. The van der Waals surface area contributed by atoms with Crippen LogP contribution < -0.4 is 4.74 Å². The summed E-state index contributed by atoms with van der Waals surface area (Å²) in [5, 5.41) is 0. The molecule has 0 atom stereocenters. The first kappa shape index (κ1) is 17.0. The number of hydrogen-bond acceptors (Lipinski definition) is 3.